The third-order valence-electron chi connectivity index (χ3n) is 2.95. The first-order chi connectivity index (χ1) is 11.7. The smallest absolute Gasteiger partial charge is 0.285 e. The molecule has 0 radical (unpaired) electrons. The summed E-state index contributed by atoms with van der Waals surface area (Å²) in [4.78, 5) is 38.1. The van der Waals surface area contributed by atoms with E-state index in [1.807, 2.05) is 0 Å². The predicted molar refractivity (Wildman–Crippen MR) is 81.1 cm³/mol. The van der Waals surface area contributed by atoms with E-state index in [1.165, 1.54) is 35.7 Å². The van der Waals surface area contributed by atoms with Crippen molar-refractivity contribution >= 4 is 17.4 Å². The highest BCUT2D eigenvalue weighted by Crippen LogP contribution is 2.26. The van der Waals surface area contributed by atoms with Crippen molar-refractivity contribution in [2.45, 2.75) is 0 Å². The van der Waals surface area contributed by atoms with Gasteiger partial charge in [-0.15, -0.1) is 0 Å². The summed E-state index contributed by atoms with van der Waals surface area (Å²) in [5.74, 6) is -0.651. The van der Waals surface area contributed by atoms with E-state index >= 15 is 0 Å². The van der Waals surface area contributed by atoms with E-state index in [1.54, 1.807) is 12.1 Å². The van der Waals surface area contributed by atoms with E-state index in [0.29, 0.717) is 0 Å². The van der Waals surface area contributed by atoms with Gasteiger partial charge in [-0.1, -0.05) is 0 Å². The molecule has 0 aromatic carbocycles. The molecular weight excluding hydrogens is 316 g/mol. The Balaban J connectivity index is 1.87. The van der Waals surface area contributed by atoms with Crippen LogP contribution in [0.3, 0.4) is 0 Å². The Bertz CT molecular complexity index is 866. The number of pyridine rings is 1. The van der Waals surface area contributed by atoms with Crippen LogP contribution in [0.2, 0.25) is 0 Å². The molecule has 0 unspecified atom stereocenters. The first-order valence-corrected chi connectivity index (χ1v) is 6.61. The van der Waals surface area contributed by atoms with Crippen LogP contribution in [-0.4, -0.2) is 35.3 Å². The Hall–Kier alpha value is -3.89. The second-order valence-corrected chi connectivity index (χ2v) is 4.44. The van der Waals surface area contributed by atoms with Crippen LogP contribution in [0.15, 0.2) is 49.6 Å². The van der Waals surface area contributed by atoms with Gasteiger partial charge in [0.2, 0.25) is 11.6 Å². The SMILES string of the molecule is O=C(NNc1ncnc(-n2ccnc2)c1[N+](=O)[O-])c1cccnc1. The lowest BCUT2D eigenvalue weighted by Gasteiger charge is -2.09. The summed E-state index contributed by atoms with van der Waals surface area (Å²) in [6.07, 6.45) is 8.36. The van der Waals surface area contributed by atoms with Gasteiger partial charge in [-0.05, 0) is 12.1 Å². The number of aromatic nitrogens is 5. The number of carbonyl (C=O) groups is 1. The van der Waals surface area contributed by atoms with Gasteiger partial charge in [0.25, 0.3) is 5.91 Å². The van der Waals surface area contributed by atoms with Crippen LogP contribution < -0.4 is 10.9 Å². The number of nitrogens with zero attached hydrogens (tertiary/aromatic N) is 6. The topological polar surface area (TPSA) is 141 Å². The molecule has 0 saturated carbocycles. The minimum atomic E-state index is -0.645. The van der Waals surface area contributed by atoms with Gasteiger partial charge in [0.15, 0.2) is 0 Å². The number of amides is 1. The van der Waals surface area contributed by atoms with Gasteiger partial charge in [0, 0.05) is 24.8 Å². The number of imidazole rings is 1. The zero-order chi connectivity index (χ0) is 16.9. The molecule has 1 amide bonds. The van der Waals surface area contributed by atoms with Gasteiger partial charge in [-0.3, -0.25) is 35.3 Å². The largest absolute Gasteiger partial charge is 0.355 e. The lowest BCUT2D eigenvalue weighted by atomic mass is 10.3. The second-order valence-electron chi connectivity index (χ2n) is 4.44. The predicted octanol–water partition coefficient (Wildman–Crippen LogP) is 0.722. The van der Waals surface area contributed by atoms with E-state index < -0.39 is 16.5 Å². The minimum Gasteiger partial charge on any atom is -0.285 e. The lowest BCUT2D eigenvalue weighted by molar-refractivity contribution is -0.384. The van der Waals surface area contributed by atoms with Crippen molar-refractivity contribution in [3.05, 3.63) is 65.3 Å². The van der Waals surface area contributed by atoms with Gasteiger partial charge in [0.05, 0.1) is 10.5 Å². The number of anilines is 1. The Kier molecular flexibility index (Phi) is 4.05. The molecule has 3 aromatic rings. The number of rotatable bonds is 5. The van der Waals surface area contributed by atoms with Crippen molar-refractivity contribution in [2.75, 3.05) is 5.43 Å². The Morgan fingerprint density at radius 3 is 2.79 bits per heavy atom. The van der Waals surface area contributed by atoms with Crippen LogP contribution >= 0.6 is 0 Å². The molecule has 0 bridgehead atoms. The summed E-state index contributed by atoms with van der Waals surface area (Å²) in [5.41, 5.74) is 4.66. The standard InChI is InChI=1S/C13H10N8O3/c22-13(9-2-1-3-14-6-9)19-18-11-10(21(23)24)12(17-7-16-11)20-5-4-15-8-20/h1-8H,(H,19,22)(H,16,17,18). The highest BCUT2D eigenvalue weighted by molar-refractivity contribution is 5.94. The van der Waals surface area contributed by atoms with Crippen LogP contribution in [0, 0.1) is 10.1 Å². The summed E-state index contributed by atoms with van der Waals surface area (Å²) in [5, 5.41) is 11.4. The van der Waals surface area contributed by atoms with E-state index in [4.69, 9.17) is 0 Å². The zero-order valence-corrected chi connectivity index (χ0v) is 12.0. The number of hydrogen-bond donors (Lipinski definition) is 2. The number of hydrazine groups is 1. The highest BCUT2D eigenvalue weighted by atomic mass is 16.6. The first kappa shape index (κ1) is 15.0. The minimum absolute atomic E-state index is 0.0191. The Morgan fingerprint density at radius 2 is 2.12 bits per heavy atom. The monoisotopic (exact) mass is 326 g/mol. The van der Waals surface area contributed by atoms with E-state index in [-0.39, 0.29) is 17.2 Å². The fraction of sp³-hybridized carbons (Fsp3) is 0. The van der Waals surface area contributed by atoms with Crippen molar-refractivity contribution < 1.29 is 9.72 Å². The Morgan fingerprint density at radius 1 is 1.25 bits per heavy atom. The first-order valence-electron chi connectivity index (χ1n) is 6.61. The molecule has 0 spiro atoms. The zero-order valence-electron chi connectivity index (χ0n) is 12.0. The quantitative estimate of drug-likeness (QED) is 0.516. The maximum Gasteiger partial charge on any atom is 0.355 e. The molecule has 0 aliphatic carbocycles. The summed E-state index contributed by atoms with van der Waals surface area (Å²) in [7, 11) is 0. The molecule has 120 valence electrons. The van der Waals surface area contributed by atoms with Gasteiger partial charge in [0.1, 0.15) is 12.7 Å². The molecule has 0 fully saturated rings. The molecule has 11 heteroatoms. The average Bonchev–Trinajstić information content (AvgIpc) is 3.14. The molecule has 0 atom stereocenters. The van der Waals surface area contributed by atoms with Gasteiger partial charge in [-0.2, -0.15) is 0 Å². The fourth-order valence-corrected chi connectivity index (χ4v) is 1.89. The lowest BCUT2D eigenvalue weighted by Crippen LogP contribution is -2.30. The summed E-state index contributed by atoms with van der Waals surface area (Å²) in [6.45, 7) is 0. The molecule has 11 nitrogen and oxygen atoms in total. The van der Waals surface area contributed by atoms with Gasteiger partial charge < -0.3 is 0 Å². The van der Waals surface area contributed by atoms with Crippen LogP contribution in [-0.2, 0) is 0 Å². The van der Waals surface area contributed by atoms with Crippen LogP contribution in [0.25, 0.3) is 5.82 Å². The van der Waals surface area contributed by atoms with Crippen LogP contribution in [0.1, 0.15) is 10.4 Å². The molecule has 0 aliphatic heterocycles. The maximum atomic E-state index is 12.0. The molecule has 0 saturated heterocycles. The number of carbonyl (C=O) groups excluding carboxylic acids is 1. The molecule has 2 N–H and O–H groups in total. The van der Waals surface area contributed by atoms with Crippen molar-refractivity contribution in [2.24, 2.45) is 0 Å². The van der Waals surface area contributed by atoms with Gasteiger partial charge >= 0.3 is 5.69 Å². The molecule has 24 heavy (non-hydrogen) atoms. The molecule has 3 heterocycles. The maximum absolute atomic E-state index is 12.0. The Labute approximate surface area is 134 Å². The summed E-state index contributed by atoms with van der Waals surface area (Å²) < 4.78 is 1.37. The van der Waals surface area contributed by atoms with Crippen LogP contribution in [0.5, 0.6) is 0 Å². The molecule has 3 aromatic heterocycles. The number of nitro groups is 1. The molecular formula is C13H10N8O3. The van der Waals surface area contributed by atoms with E-state index in [2.05, 4.69) is 30.8 Å². The second kappa shape index (κ2) is 6.48. The average molecular weight is 326 g/mol. The number of hydrogen-bond acceptors (Lipinski definition) is 8. The van der Waals surface area contributed by atoms with Crippen molar-refractivity contribution in [1.82, 2.24) is 29.9 Å². The van der Waals surface area contributed by atoms with E-state index in [0.717, 1.165) is 6.33 Å². The third kappa shape index (κ3) is 2.99. The fourth-order valence-electron chi connectivity index (χ4n) is 1.89. The molecule has 0 aliphatic rings. The molecule has 3 rings (SSSR count). The van der Waals surface area contributed by atoms with Crippen molar-refractivity contribution in [3.8, 4) is 5.82 Å². The summed E-state index contributed by atoms with van der Waals surface area (Å²) >= 11 is 0. The van der Waals surface area contributed by atoms with E-state index in [9.17, 15) is 14.9 Å². The van der Waals surface area contributed by atoms with Crippen molar-refractivity contribution in [1.29, 1.82) is 0 Å². The summed E-state index contributed by atoms with van der Waals surface area (Å²) in [6, 6.07) is 3.15. The van der Waals surface area contributed by atoms with Gasteiger partial charge in [-0.25, -0.2) is 15.0 Å². The normalized spacial score (nSPS) is 10.2. The number of nitrogens with one attached hydrogen (secondary N) is 2. The van der Waals surface area contributed by atoms with Crippen molar-refractivity contribution in [3.63, 3.8) is 0 Å². The highest BCUT2D eigenvalue weighted by Gasteiger charge is 2.24. The van der Waals surface area contributed by atoms with Crippen LogP contribution in [0.4, 0.5) is 11.5 Å². The third-order valence-corrected chi connectivity index (χ3v) is 2.95.